The molecule has 2 heterocycles. The molecule has 0 bridgehead atoms. The van der Waals surface area contributed by atoms with Crippen LogP contribution in [0, 0.1) is 28.1 Å². The van der Waals surface area contributed by atoms with Crippen molar-refractivity contribution < 1.29 is 18.9 Å². The van der Waals surface area contributed by atoms with Crippen molar-refractivity contribution in [1.82, 2.24) is 0 Å². The van der Waals surface area contributed by atoms with Gasteiger partial charge in [0, 0.05) is 11.1 Å². The van der Waals surface area contributed by atoms with E-state index in [9.17, 15) is 0 Å². The van der Waals surface area contributed by atoms with Crippen molar-refractivity contribution in [2.24, 2.45) is 5.41 Å². The Balaban J connectivity index is 1.34. The van der Waals surface area contributed by atoms with E-state index < -0.39 is 12.6 Å². The third-order valence-electron chi connectivity index (χ3n) is 4.79. The molecule has 0 aromatic heterocycles. The third kappa shape index (κ3) is 3.71. The van der Waals surface area contributed by atoms with Crippen LogP contribution in [0.1, 0.15) is 34.8 Å². The summed E-state index contributed by atoms with van der Waals surface area (Å²) in [6, 6.07) is 18.6. The molecule has 0 radical (unpaired) electrons. The van der Waals surface area contributed by atoms with Gasteiger partial charge in [0.05, 0.1) is 55.1 Å². The minimum Gasteiger partial charge on any atom is -0.348 e. The van der Waals surface area contributed by atoms with Crippen molar-refractivity contribution in [3.05, 3.63) is 70.8 Å². The molecule has 0 unspecified atom stereocenters. The van der Waals surface area contributed by atoms with Gasteiger partial charge >= 0.3 is 0 Å². The van der Waals surface area contributed by atoms with Crippen LogP contribution in [-0.2, 0) is 18.9 Å². The summed E-state index contributed by atoms with van der Waals surface area (Å²) in [7, 11) is 0. The summed E-state index contributed by atoms with van der Waals surface area (Å²) in [6.07, 6.45) is -0.890. The second kappa shape index (κ2) is 7.48. The zero-order valence-electron chi connectivity index (χ0n) is 14.6. The minimum atomic E-state index is -0.445. The van der Waals surface area contributed by atoms with Crippen LogP contribution in [0.3, 0.4) is 0 Å². The fourth-order valence-electron chi connectivity index (χ4n) is 3.17. The van der Waals surface area contributed by atoms with Gasteiger partial charge in [0.15, 0.2) is 12.6 Å². The highest BCUT2D eigenvalue weighted by Crippen LogP contribution is 2.38. The maximum atomic E-state index is 8.88. The molecule has 0 amide bonds. The van der Waals surface area contributed by atoms with E-state index >= 15 is 0 Å². The van der Waals surface area contributed by atoms with E-state index in [4.69, 9.17) is 29.5 Å². The van der Waals surface area contributed by atoms with Crippen LogP contribution in [0.5, 0.6) is 0 Å². The Labute approximate surface area is 157 Å². The molecule has 2 aliphatic rings. The summed E-state index contributed by atoms with van der Waals surface area (Å²) in [6.45, 7) is 1.88. The predicted molar refractivity (Wildman–Crippen MR) is 94.0 cm³/mol. The van der Waals surface area contributed by atoms with Gasteiger partial charge in [-0.1, -0.05) is 24.3 Å². The van der Waals surface area contributed by atoms with Crippen LogP contribution < -0.4 is 0 Å². The lowest BCUT2D eigenvalue weighted by molar-refractivity contribution is -0.307. The van der Waals surface area contributed by atoms with Crippen molar-refractivity contribution in [1.29, 1.82) is 10.5 Å². The van der Waals surface area contributed by atoms with Crippen molar-refractivity contribution >= 4 is 0 Å². The molecule has 0 saturated carbocycles. The standard InChI is InChI=1S/C21H18N2O4/c22-9-15-1-5-17(6-2-15)19-24-11-21(12-25-19)13-26-20(27-14-21)18-7-3-16(10-23)4-8-18/h1-8,19-20H,11-14H2. The van der Waals surface area contributed by atoms with Crippen molar-refractivity contribution in [2.75, 3.05) is 26.4 Å². The maximum absolute atomic E-state index is 8.88. The van der Waals surface area contributed by atoms with E-state index in [1.165, 1.54) is 0 Å². The molecule has 2 aromatic rings. The van der Waals surface area contributed by atoms with Crippen molar-refractivity contribution in [2.45, 2.75) is 12.6 Å². The first kappa shape index (κ1) is 17.7. The second-order valence-electron chi connectivity index (χ2n) is 6.88. The van der Waals surface area contributed by atoms with Crippen molar-refractivity contribution in [3.63, 3.8) is 0 Å². The molecule has 0 aliphatic carbocycles. The summed E-state index contributed by atoms with van der Waals surface area (Å²) in [5.41, 5.74) is 2.66. The second-order valence-corrected chi connectivity index (χ2v) is 6.88. The van der Waals surface area contributed by atoms with Crippen LogP contribution in [0.15, 0.2) is 48.5 Å². The van der Waals surface area contributed by atoms with Gasteiger partial charge in [0.2, 0.25) is 0 Å². The van der Waals surface area contributed by atoms with E-state index in [0.717, 1.165) is 11.1 Å². The van der Waals surface area contributed by atoms with E-state index in [0.29, 0.717) is 37.6 Å². The van der Waals surface area contributed by atoms with Gasteiger partial charge in [-0.15, -0.1) is 0 Å². The minimum absolute atomic E-state index is 0.327. The predicted octanol–water partition coefficient (Wildman–Crippen LogP) is 3.21. The third-order valence-corrected chi connectivity index (χ3v) is 4.79. The first-order valence-electron chi connectivity index (χ1n) is 8.68. The molecular weight excluding hydrogens is 344 g/mol. The van der Waals surface area contributed by atoms with Gasteiger partial charge in [-0.3, -0.25) is 0 Å². The van der Waals surface area contributed by atoms with Gasteiger partial charge < -0.3 is 18.9 Å². The Kier molecular flexibility index (Phi) is 4.89. The number of ether oxygens (including phenoxy) is 4. The van der Waals surface area contributed by atoms with Gasteiger partial charge in [-0.25, -0.2) is 0 Å². The zero-order valence-corrected chi connectivity index (χ0v) is 14.6. The Morgan fingerprint density at radius 1 is 0.630 bits per heavy atom. The Morgan fingerprint density at radius 3 is 1.26 bits per heavy atom. The van der Waals surface area contributed by atoms with Gasteiger partial charge in [0.25, 0.3) is 0 Å². The van der Waals surface area contributed by atoms with Crippen molar-refractivity contribution in [3.8, 4) is 12.1 Å². The van der Waals surface area contributed by atoms with Gasteiger partial charge in [0.1, 0.15) is 0 Å². The molecule has 6 nitrogen and oxygen atoms in total. The van der Waals surface area contributed by atoms with E-state index in [1.54, 1.807) is 24.3 Å². The fraction of sp³-hybridized carbons (Fsp3) is 0.333. The van der Waals surface area contributed by atoms with Crippen LogP contribution in [0.25, 0.3) is 0 Å². The van der Waals surface area contributed by atoms with E-state index in [2.05, 4.69) is 12.1 Å². The molecule has 2 aromatic carbocycles. The zero-order chi connectivity index (χ0) is 18.7. The Hall–Kier alpha value is -2.74. The molecule has 0 N–H and O–H groups in total. The number of nitriles is 2. The molecular formula is C21H18N2O4. The Bertz CT molecular complexity index is 785. The normalized spacial score (nSPS) is 27.6. The molecule has 4 rings (SSSR count). The van der Waals surface area contributed by atoms with E-state index in [1.807, 2.05) is 24.3 Å². The lowest BCUT2D eigenvalue weighted by Crippen LogP contribution is -2.49. The quantitative estimate of drug-likeness (QED) is 0.816. The summed E-state index contributed by atoms with van der Waals surface area (Å²) >= 11 is 0. The van der Waals surface area contributed by atoms with Crippen LogP contribution >= 0.6 is 0 Å². The molecule has 2 saturated heterocycles. The molecule has 1 spiro atoms. The molecule has 2 aliphatic heterocycles. The topological polar surface area (TPSA) is 84.5 Å². The monoisotopic (exact) mass is 362 g/mol. The van der Waals surface area contributed by atoms with Crippen LogP contribution in [-0.4, -0.2) is 26.4 Å². The average molecular weight is 362 g/mol. The number of hydrogen-bond donors (Lipinski definition) is 0. The Morgan fingerprint density at radius 2 is 0.963 bits per heavy atom. The smallest absolute Gasteiger partial charge is 0.183 e. The largest absolute Gasteiger partial charge is 0.348 e. The first-order chi connectivity index (χ1) is 13.2. The van der Waals surface area contributed by atoms with Crippen LogP contribution in [0.2, 0.25) is 0 Å². The highest BCUT2D eigenvalue weighted by molar-refractivity contribution is 5.33. The highest BCUT2D eigenvalue weighted by atomic mass is 16.7. The van der Waals surface area contributed by atoms with E-state index in [-0.39, 0.29) is 5.41 Å². The average Bonchev–Trinajstić information content (AvgIpc) is 2.75. The molecule has 27 heavy (non-hydrogen) atoms. The van der Waals surface area contributed by atoms with Gasteiger partial charge in [-0.05, 0) is 24.3 Å². The summed E-state index contributed by atoms with van der Waals surface area (Å²) < 4.78 is 23.6. The van der Waals surface area contributed by atoms with Crippen LogP contribution in [0.4, 0.5) is 0 Å². The number of benzene rings is 2. The fourth-order valence-corrected chi connectivity index (χ4v) is 3.17. The number of hydrogen-bond acceptors (Lipinski definition) is 6. The molecule has 136 valence electrons. The maximum Gasteiger partial charge on any atom is 0.183 e. The lowest BCUT2D eigenvalue weighted by Gasteiger charge is -2.43. The summed E-state index contributed by atoms with van der Waals surface area (Å²) in [5.74, 6) is 0. The molecule has 6 heteroatoms. The summed E-state index contributed by atoms with van der Waals surface area (Å²) in [4.78, 5) is 0. The first-order valence-corrected chi connectivity index (χ1v) is 8.68. The molecule has 0 atom stereocenters. The number of rotatable bonds is 2. The van der Waals surface area contributed by atoms with Gasteiger partial charge in [-0.2, -0.15) is 10.5 Å². The summed E-state index contributed by atoms with van der Waals surface area (Å²) in [5, 5.41) is 17.8. The molecule has 2 fully saturated rings. The SMILES string of the molecule is N#Cc1ccc(C2OCC3(CO2)COC(c2ccc(C#N)cc2)OC3)cc1. The highest BCUT2D eigenvalue weighted by Gasteiger charge is 2.42. The lowest BCUT2D eigenvalue weighted by atomic mass is 9.90. The number of nitrogens with zero attached hydrogens (tertiary/aromatic N) is 2.